The third-order valence-electron chi connectivity index (χ3n) is 5.60. The minimum atomic E-state index is -0.0395. The van der Waals surface area contributed by atoms with Crippen molar-refractivity contribution in [3.63, 3.8) is 0 Å². The van der Waals surface area contributed by atoms with Gasteiger partial charge in [0, 0.05) is 30.8 Å². The summed E-state index contributed by atoms with van der Waals surface area (Å²) in [6.07, 6.45) is 6.72. The summed E-state index contributed by atoms with van der Waals surface area (Å²) in [5.74, 6) is 0.134. The van der Waals surface area contributed by atoms with Gasteiger partial charge >= 0.3 is 0 Å². The smallest absolute Gasteiger partial charge is 0.251 e. The van der Waals surface area contributed by atoms with Crippen LogP contribution in [0.3, 0.4) is 0 Å². The molecule has 1 aliphatic rings. The Balaban J connectivity index is 1.68. The molecule has 3 rings (SSSR count). The van der Waals surface area contributed by atoms with Crippen molar-refractivity contribution in [3.8, 4) is 11.1 Å². The predicted octanol–water partition coefficient (Wildman–Crippen LogP) is 5.52. The number of rotatable bonds is 8. The quantitative estimate of drug-likeness (QED) is 0.589. The van der Waals surface area contributed by atoms with Crippen molar-refractivity contribution >= 4 is 17.5 Å². The maximum Gasteiger partial charge on any atom is 0.251 e. The van der Waals surface area contributed by atoms with E-state index >= 15 is 0 Å². The Morgan fingerprint density at radius 1 is 1.03 bits per heavy atom. The molecule has 0 atom stereocenters. The van der Waals surface area contributed by atoms with E-state index in [1.54, 1.807) is 0 Å². The molecule has 1 heterocycles. The van der Waals surface area contributed by atoms with Crippen LogP contribution >= 0.6 is 0 Å². The number of anilines is 1. The van der Waals surface area contributed by atoms with Crippen molar-refractivity contribution < 1.29 is 9.59 Å². The van der Waals surface area contributed by atoms with Crippen LogP contribution in [0, 0.1) is 0 Å². The van der Waals surface area contributed by atoms with E-state index in [0.717, 1.165) is 49.0 Å². The summed E-state index contributed by atoms with van der Waals surface area (Å²) in [6, 6.07) is 14.0. The monoisotopic (exact) mass is 404 g/mol. The van der Waals surface area contributed by atoms with Crippen LogP contribution in [0.15, 0.2) is 54.1 Å². The van der Waals surface area contributed by atoms with Gasteiger partial charge in [-0.25, -0.2) is 0 Å². The standard InChI is InChI=1S/C26H32N2O2/c1-4-7-19(8-5-2)18-27-26(30)21-11-9-20(10-12-21)22-13-14-24-23(17-22)15-16-28(24)25(29)6-3/h7,9-14,17H,4-6,8,15-16,18H2,1-3H3,(H,27,30)/b19-7+. The summed E-state index contributed by atoms with van der Waals surface area (Å²) in [6.45, 7) is 7.55. The Kier molecular flexibility index (Phi) is 7.45. The number of allylic oxidation sites excluding steroid dienone is 1. The Bertz CT molecular complexity index is 929. The summed E-state index contributed by atoms with van der Waals surface area (Å²) >= 11 is 0. The van der Waals surface area contributed by atoms with Gasteiger partial charge in [-0.3, -0.25) is 9.59 Å². The van der Waals surface area contributed by atoms with Gasteiger partial charge in [0.15, 0.2) is 0 Å². The van der Waals surface area contributed by atoms with Gasteiger partial charge in [-0.15, -0.1) is 0 Å². The molecule has 0 unspecified atom stereocenters. The summed E-state index contributed by atoms with van der Waals surface area (Å²) in [5.41, 5.74) is 6.40. The molecule has 0 aliphatic carbocycles. The van der Waals surface area contributed by atoms with Crippen molar-refractivity contribution in [2.75, 3.05) is 18.0 Å². The lowest BCUT2D eigenvalue weighted by molar-refractivity contribution is -0.118. The van der Waals surface area contributed by atoms with Crippen LogP contribution in [-0.2, 0) is 11.2 Å². The number of nitrogens with zero attached hydrogens (tertiary/aromatic N) is 1. The molecule has 4 heteroatoms. The summed E-state index contributed by atoms with van der Waals surface area (Å²) < 4.78 is 0. The van der Waals surface area contributed by atoms with E-state index < -0.39 is 0 Å². The van der Waals surface area contributed by atoms with Crippen molar-refractivity contribution in [1.29, 1.82) is 0 Å². The molecule has 2 aromatic rings. The Morgan fingerprint density at radius 3 is 2.43 bits per heavy atom. The molecular weight excluding hydrogens is 372 g/mol. The van der Waals surface area contributed by atoms with Crippen molar-refractivity contribution in [2.24, 2.45) is 0 Å². The second-order valence-electron chi connectivity index (χ2n) is 7.77. The molecule has 0 fully saturated rings. The van der Waals surface area contributed by atoms with E-state index in [1.165, 1.54) is 11.1 Å². The number of fused-ring (bicyclic) bond motifs is 1. The van der Waals surface area contributed by atoms with Crippen LogP contribution in [-0.4, -0.2) is 24.9 Å². The lowest BCUT2D eigenvalue weighted by Crippen LogP contribution is -2.27. The van der Waals surface area contributed by atoms with Crippen LogP contribution in [0.1, 0.15) is 62.4 Å². The lowest BCUT2D eigenvalue weighted by atomic mass is 10.0. The van der Waals surface area contributed by atoms with E-state index in [1.807, 2.05) is 42.2 Å². The van der Waals surface area contributed by atoms with Gasteiger partial charge in [-0.05, 0) is 60.2 Å². The number of carbonyl (C=O) groups is 2. The van der Waals surface area contributed by atoms with Gasteiger partial charge < -0.3 is 10.2 Å². The molecule has 0 spiro atoms. The molecule has 30 heavy (non-hydrogen) atoms. The summed E-state index contributed by atoms with van der Waals surface area (Å²) in [7, 11) is 0. The van der Waals surface area contributed by atoms with Crippen LogP contribution in [0.4, 0.5) is 5.69 Å². The Labute approximate surface area is 180 Å². The number of amides is 2. The zero-order chi connectivity index (χ0) is 21.5. The molecule has 1 aliphatic heterocycles. The van der Waals surface area contributed by atoms with Gasteiger partial charge in [0.25, 0.3) is 5.91 Å². The first-order valence-corrected chi connectivity index (χ1v) is 11.1. The number of carbonyl (C=O) groups excluding carboxylic acids is 2. The minimum Gasteiger partial charge on any atom is -0.348 e. The normalized spacial score (nSPS) is 13.3. The Morgan fingerprint density at radius 2 is 1.77 bits per heavy atom. The first-order valence-electron chi connectivity index (χ1n) is 11.1. The number of benzene rings is 2. The lowest BCUT2D eigenvalue weighted by Gasteiger charge is -2.16. The highest BCUT2D eigenvalue weighted by molar-refractivity contribution is 5.96. The first kappa shape index (κ1) is 21.8. The van der Waals surface area contributed by atoms with E-state index in [-0.39, 0.29) is 11.8 Å². The zero-order valence-corrected chi connectivity index (χ0v) is 18.3. The molecule has 4 nitrogen and oxygen atoms in total. The van der Waals surface area contributed by atoms with Crippen molar-refractivity contribution in [1.82, 2.24) is 5.32 Å². The highest BCUT2D eigenvalue weighted by Crippen LogP contribution is 2.32. The fraction of sp³-hybridized carbons (Fsp3) is 0.385. The van der Waals surface area contributed by atoms with E-state index in [9.17, 15) is 9.59 Å². The molecule has 0 bridgehead atoms. The summed E-state index contributed by atoms with van der Waals surface area (Å²) in [4.78, 5) is 26.5. The topological polar surface area (TPSA) is 49.4 Å². The molecule has 0 radical (unpaired) electrons. The number of hydrogen-bond acceptors (Lipinski definition) is 2. The van der Waals surface area contributed by atoms with E-state index in [2.05, 4.69) is 37.4 Å². The van der Waals surface area contributed by atoms with Crippen LogP contribution in [0.5, 0.6) is 0 Å². The van der Waals surface area contributed by atoms with Gasteiger partial charge in [0.1, 0.15) is 0 Å². The largest absolute Gasteiger partial charge is 0.348 e. The maximum absolute atomic E-state index is 12.5. The molecule has 0 saturated carbocycles. The third-order valence-corrected chi connectivity index (χ3v) is 5.60. The van der Waals surface area contributed by atoms with Crippen LogP contribution in [0.2, 0.25) is 0 Å². The average Bonchev–Trinajstić information content (AvgIpc) is 3.20. The van der Waals surface area contributed by atoms with E-state index in [0.29, 0.717) is 18.5 Å². The highest BCUT2D eigenvalue weighted by atomic mass is 16.2. The van der Waals surface area contributed by atoms with Crippen LogP contribution in [0.25, 0.3) is 11.1 Å². The maximum atomic E-state index is 12.5. The molecule has 1 N–H and O–H groups in total. The second kappa shape index (κ2) is 10.2. The van der Waals surface area contributed by atoms with Crippen LogP contribution < -0.4 is 10.2 Å². The predicted molar refractivity (Wildman–Crippen MR) is 124 cm³/mol. The average molecular weight is 405 g/mol. The van der Waals surface area contributed by atoms with Gasteiger partial charge in [-0.2, -0.15) is 0 Å². The Hall–Kier alpha value is -2.88. The molecule has 0 aromatic heterocycles. The van der Waals surface area contributed by atoms with Crippen molar-refractivity contribution in [2.45, 2.75) is 52.9 Å². The van der Waals surface area contributed by atoms with E-state index in [4.69, 9.17) is 0 Å². The molecular formula is C26H32N2O2. The molecule has 2 aromatic carbocycles. The zero-order valence-electron chi connectivity index (χ0n) is 18.3. The number of hydrogen-bond donors (Lipinski definition) is 1. The highest BCUT2D eigenvalue weighted by Gasteiger charge is 2.23. The van der Waals surface area contributed by atoms with Gasteiger partial charge in [0.05, 0.1) is 0 Å². The van der Waals surface area contributed by atoms with Gasteiger partial charge in [-0.1, -0.05) is 57.0 Å². The number of nitrogens with one attached hydrogen (secondary N) is 1. The third kappa shape index (κ3) is 4.99. The molecule has 158 valence electrons. The van der Waals surface area contributed by atoms with Crippen molar-refractivity contribution in [3.05, 3.63) is 65.2 Å². The summed E-state index contributed by atoms with van der Waals surface area (Å²) in [5, 5.41) is 3.04. The fourth-order valence-corrected chi connectivity index (χ4v) is 4.01. The molecule has 2 amide bonds. The second-order valence-corrected chi connectivity index (χ2v) is 7.77. The molecule has 0 saturated heterocycles. The fourth-order valence-electron chi connectivity index (χ4n) is 4.01. The minimum absolute atomic E-state index is 0.0395. The first-order chi connectivity index (χ1) is 14.6. The SMILES string of the molecule is CC/C=C(\CCC)CNC(=O)c1ccc(-c2ccc3c(c2)CCN3C(=O)CC)cc1. The van der Waals surface area contributed by atoms with Gasteiger partial charge in [0.2, 0.25) is 5.91 Å².